The molecule has 1 saturated carbocycles. The monoisotopic (exact) mass is 142 g/mol. The highest BCUT2D eigenvalue weighted by molar-refractivity contribution is 4.67. The van der Waals surface area contributed by atoms with Crippen molar-refractivity contribution in [1.82, 2.24) is 0 Å². The first-order valence-corrected chi connectivity index (χ1v) is 4.47. The van der Waals surface area contributed by atoms with Crippen molar-refractivity contribution in [3.63, 3.8) is 0 Å². The average Bonchev–Trinajstić information content (AvgIpc) is 1.88. The Bertz CT molecular complexity index is 82.7. The summed E-state index contributed by atoms with van der Waals surface area (Å²) < 4.78 is 0. The van der Waals surface area contributed by atoms with Gasteiger partial charge in [-0.25, -0.2) is 0 Å². The van der Waals surface area contributed by atoms with Crippen molar-refractivity contribution in [1.29, 1.82) is 0 Å². The molecule has 0 aromatic heterocycles. The third-order valence-corrected chi connectivity index (χ3v) is 2.40. The molecule has 60 valence electrons. The van der Waals surface area contributed by atoms with Gasteiger partial charge in [-0.1, -0.05) is 32.1 Å². The Balaban J connectivity index is 2.13. The topological polar surface area (TPSA) is 20.2 Å². The van der Waals surface area contributed by atoms with Gasteiger partial charge < -0.3 is 5.11 Å². The highest BCUT2D eigenvalue weighted by atomic mass is 16.3. The van der Waals surface area contributed by atoms with Crippen molar-refractivity contribution >= 4 is 0 Å². The lowest BCUT2D eigenvalue weighted by Crippen LogP contribution is -2.12. The number of hydrogen-bond acceptors (Lipinski definition) is 1. The molecule has 0 aliphatic heterocycles. The summed E-state index contributed by atoms with van der Waals surface area (Å²) in [4.78, 5) is 0. The smallest absolute Gasteiger partial charge is 0.0514 e. The van der Waals surface area contributed by atoms with Gasteiger partial charge in [-0.05, 0) is 19.3 Å². The zero-order chi connectivity index (χ0) is 7.40. The van der Waals surface area contributed by atoms with Gasteiger partial charge in [-0.2, -0.15) is 0 Å². The molecule has 0 spiro atoms. The van der Waals surface area contributed by atoms with E-state index in [1.807, 2.05) is 6.92 Å². The molecule has 0 aromatic rings. The fourth-order valence-electron chi connectivity index (χ4n) is 1.91. The van der Waals surface area contributed by atoms with Crippen LogP contribution in [0.15, 0.2) is 0 Å². The maximum Gasteiger partial charge on any atom is 0.0514 e. The summed E-state index contributed by atoms with van der Waals surface area (Å²) in [7, 11) is 0. The first-order chi connectivity index (χ1) is 4.79. The second kappa shape index (κ2) is 3.97. The summed E-state index contributed by atoms with van der Waals surface area (Å²) in [6.45, 7) is 1.90. The summed E-state index contributed by atoms with van der Waals surface area (Å²) in [5, 5.41) is 9.10. The van der Waals surface area contributed by atoms with E-state index >= 15 is 0 Å². The van der Waals surface area contributed by atoms with Crippen LogP contribution >= 0.6 is 0 Å². The zero-order valence-corrected chi connectivity index (χ0v) is 6.84. The fraction of sp³-hybridized carbons (Fsp3) is 1.00. The summed E-state index contributed by atoms with van der Waals surface area (Å²) in [6.07, 6.45) is 7.84. The first kappa shape index (κ1) is 8.06. The number of aliphatic hydroxyl groups is 1. The lowest BCUT2D eigenvalue weighted by Gasteiger charge is -2.22. The molecule has 0 amide bonds. The molecule has 1 nitrogen and oxygen atoms in total. The van der Waals surface area contributed by atoms with Crippen LogP contribution < -0.4 is 0 Å². The Morgan fingerprint density at radius 1 is 1.30 bits per heavy atom. The summed E-state index contributed by atoms with van der Waals surface area (Å²) in [5.74, 6) is 0.828. The predicted octanol–water partition coefficient (Wildman–Crippen LogP) is 2.34. The fourth-order valence-corrected chi connectivity index (χ4v) is 1.91. The van der Waals surface area contributed by atoms with Gasteiger partial charge in [0.25, 0.3) is 0 Å². The lowest BCUT2D eigenvalue weighted by molar-refractivity contribution is 0.146. The van der Waals surface area contributed by atoms with Crippen molar-refractivity contribution in [3.8, 4) is 0 Å². The van der Waals surface area contributed by atoms with Gasteiger partial charge >= 0.3 is 0 Å². The molecule has 1 aliphatic carbocycles. The van der Waals surface area contributed by atoms with E-state index in [2.05, 4.69) is 0 Å². The van der Waals surface area contributed by atoms with E-state index in [1.54, 1.807) is 0 Å². The number of rotatable bonds is 2. The van der Waals surface area contributed by atoms with Crippen molar-refractivity contribution in [2.75, 3.05) is 0 Å². The zero-order valence-electron chi connectivity index (χ0n) is 6.84. The van der Waals surface area contributed by atoms with Gasteiger partial charge in [0, 0.05) is 0 Å². The second-order valence-electron chi connectivity index (χ2n) is 3.59. The number of aliphatic hydroxyl groups excluding tert-OH is 1. The second-order valence-corrected chi connectivity index (χ2v) is 3.59. The molecule has 10 heavy (non-hydrogen) atoms. The third-order valence-electron chi connectivity index (χ3n) is 2.40. The Kier molecular flexibility index (Phi) is 3.20. The summed E-state index contributed by atoms with van der Waals surface area (Å²) in [5.41, 5.74) is 0. The van der Waals surface area contributed by atoms with Crippen LogP contribution in [0.1, 0.15) is 45.4 Å². The highest BCUT2D eigenvalue weighted by Crippen LogP contribution is 2.26. The van der Waals surface area contributed by atoms with Gasteiger partial charge in [-0.15, -0.1) is 0 Å². The van der Waals surface area contributed by atoms with Crippen LogP contribution in [0.2, 0.25) is 0 Å². The summed E-state index contributed by atoms with van der Waals surface area (Å²) >= 11 is 0. The normalized spacial score (nSPS) is 24.6. The van der Waals surface area contributed by atoms with Crippen LogP contribution in [-0.2, 0) is 0 Å². The maximum atomic E-state index is 9.10. The molecule has 1 fully saturated rings. The van der Waals surface area contributed by atoms with Crippen LogP contribution in [-0.4, -0.2) is 11.2 Å². The minimum atomic E-state index is -0.0805. The minimum absolute atomic E-state index is 0.0805. The van der Waals surface area contributed by atoms with Crippen LogP contribution in [0.3, 0.4) is 0 Å². The molecule has 1 aliphatic rings. The largest absolute Gasteiger partial charge is 0.393 e. The average molecular weight is 142 g/mol. The quantitative estimate of drug-likeness (QED) is 0.627. The number of hydrogen-bond donors (Lipinski definition) is 1. The molecule has 0 saturated heterocycles. The molecule has 1 heteroatoms. The molecule has 1 N–H and O–H groups in total. The van der Waals surface area contributed by atoms with Crippen LogP contribution in [0.4, 0.5) is 0 Å². The Morgan fingerprint density at radius 2 is 1.90 bits per heavy atom. The van der Waals surface area contributed by atoms with Crippen molar-refractivity contribution in [2.24, 2.45) is 5.92 Å². The van der Waals surface area contributed by atoms with E-state index in [0.29, 0.717) is 0 Å². The summed E-state index contributed by atoms with van der Waals surface area (Å²) in [6, 6.07) is 0. The van der Waals surface area contributed by atoms with E-state index < -0.39 is 0 Å². The third kappa shape index (κ3) is 2.70. The van der Waals surface area contributed by atoms with E-state index in [4.69, 9.17) is 5.11 Å². The van der Waals surface area contributed by atoms with E-state index in [-0.39, 0.29) is 6.10 Å². The van der Waals surface area contributed by atoms with Gasteiger partial charge in [0.2, 0.25) is 0 Å². The first-order valence-electron chi connectivity index (χ1n) is 4.47. The Hall–Kier alpha value is -0.0400. The SMILES string of the molecule is C[C@@H](O)CC1CCCCC1. The molecule has 0 radical (unpaired) electrons. The van der Waals surface area contributed by atoms with Gasteiger partial charge in [0.1, 0.15) is 0 Å². The molecule has 0 aromatic carbocycles. The van der Waals surface area contributed by atoms with Gasteiger partial charge in [-0.3, -0.25) is 0 Å². The van der Waals surface area contributed by atoms with Crippen LogP contribution in [0.25, 0.3) is 0 Å². The van der Waals surface area contributed by atoms with Crippen LogP contribution in [0, 0.1) is 5.92 Å². The van der Waals surface area contributed by atoms with E-state index in [0.717, 1.165) is 12.3 Å². The highest BCUT2D eigenvalue weighted by Gasteiger charge is 2.14. The van der Waals surface area contributed by atoms with Gasteiger partial charge in [0.05, 0.1) is 6.10 Å². The molecular weight excluding hydrogens is 124 g/mol. The minimum Gasteiger partial charge on any atom is -0.393 e. The molecule has 1 atom stereocenters. The van der Waals surface area contributed by atoms with Crippen LogP contribution in [0.5, 0.6) is 0 Å². The molecule has 0 unspecified atom stereocenters. The Labute approximate surface area is 63.4 Å². The standard InChI is InChI=1S/C9H18O/c1-8(10)7-9-5-3-2-4-6-9/h8-10H,2-7H2,1H3/t8-/m1/s1. The molecular formula is C9H18O. The van der Waals surface area contributed by atoms with Gasteiger partial charge in [0.15, 0.2) is 0 Å². The molecule has 0 heterocycles. The van der Waals surface area contributed by atoms with E-state index in [1.165, 1.54) is 32.1 Å². The van der Waals surface area contributed by atoms with Crippen molar-refractivity contribution in [2.45, 2.75) is 51.6 Å². The van der Waals surface area contributed by atoms with Crippen molar-refractivity contribution in [3.05, 3.63) is 0 Å². The molecule has 1 rings (SSSR count). The molecule has 0 bridgehead atoms. The lowest BCUT2D eigenvalue weighted by atomic mass is 9.86. The maximum absolute atomic E-state index is 9.10. The van der Waals surface area contributed by atoms with E-state index in [9.17, 15) is 0 Å². The van der Waals surface area contributed by atoms with Crippen molar-refractivity contribution < 1.29 is 5.11 Å². The predicted molar refractivity (Wildman–Crippen MR) is 42.9 cm³/mol. The Morgan fingerprint density at radius 3 is 2.40 bits per heavy atom.